The lowest BCUT2D eigenvalue weighted by atomic mass is 9.98. The smallest absolute Gasteiger partial charge is 0.00236 e. The fourth-order valence-corrected chi connectivity index (χ4v) is 1.95. The van der Waals surface area contributed by atoms with Crippen LogP contribution in [0.4, 0.5) is 0 Å². The molecule has 0 amide bonds. The van der Waals surface area contributed by atoms with E-state index in [1.165, 1.54) is 57.9 Å². The quantitative estimate of drug-likeness (QED) is 0.525. The van der Waals surface area contributed by atoms with Gasteiger partial charge >= 0.3 is 0 Å². The first kappa shape index (κ1) is 14.0. The lowest BCUT2D eigenvalue weighted by Gasteiger charge is -2.13. The molecule has 0 aliphatic rings. The minimum absolute atomic E-state index is 0.908. The summed E-state index contributed by atoms with van der Waals surface area (Å²) in [6.07, 6.45) is 11.3. The van der Waals surface area contributed by atoms with E-state index in [4.69, 9.17) is 0 Å². The molecule has 1 unspecified atom stereocenters. The predicted octanol–water partition coefficient (Wildman–Crippen LogP) is 3.98. The van der Waals surface area contributed by atoms with Crippen LogP contribution >= 0.6 is 0 Å². The van der Waals surface area contributed by atoms with Gasteiger partial charge in [0.05, 0.1) is 0 Å². The standard InChI is InChI=1S/C13H29N/c1-4-6-7-8-9-10-11-13(5-2)12-14-3/h13-14H,4-12H2,1-3H3. The summed E-state index contributed by atoms with van der Waals surface area (Å²) in [6.45, 7) is 5.78. The third-order valence-electron chi connectivity index (χ3n) is 3.04. The maximum Gasteiger partial charge on any atom is -0.00236 e. The van der Waals surface area contributed by atoms with Gasteiger partial charge in [0, 0.05) is 0 Å². The molecule has 86 valence electrons. The van der Waals surface area contributed by atoms with E-state index < -0.39 is 0 Å². The molecule has 0 aromatic rings. The molecule has 0 radical (unpaired) electrons. The van der Waals surface area contributed by atoms with E-state index in [1.54, 1.807) is 0 Å². The van der Waals surface area contributed by atoms with Crippen molar-refractivity contribution in [3.8, 4) is 0 Å². The van der Waals surface area contributed by atoms with E-state index in [-0.39, 0.29) is 0 Å². The average Bonchev–Trinajstić information content (AvgIpc) is 2.21. The van der Waals surface area contributed by atoms with Crippen molar-refractivity contribution in [2.24, 2.45) is 5.92 Å². The van der Waals surface area contributed by atoms with Crippen LogP contribution in [0.15, 0.2) is 0 Å². The summed E-state index contributed by atoms with van der Waals surface area (Å²) in [5.41, 5.74) is 0. The fourth-order valence-electron chi connectivity index (χ4n) is 1.95. The molecule has 0 saturated carbocycles. The minimum atomic E-state index is 0.908. The molecule has 0 fully saturated rings. The van der Waals surface area contributed by atoms with Gasteiger partial charge in [0.1, 0.15) is 0 Å². The molecule has 0 heterocycles. The van der Waals surface area contributed by atoms with Crippen LogP contribution in [0.5, 0.6) is 0 Å². The fraction of sp³-hybridized carbons (Fsp3) is 1.00. The predicted molar refractivity (Wildman–Crippen MR) is 65.7 cm³/mol. The molecular formula is C13H29N. The summed E-state index contributed by atoms with van der Waals surface area (Å²) in [4.78, 5) is 0. The molecule has 0 aromatic carbocycles. The van der Waals surface area contributed by atoms with E-state index in [1.807, 2.05) is 0 Å². The van der Waals surface area contributed by atoms with Gasteiger partial charge in [0.15, 0.2) is 0 Å². The van der Waals surface area contributed by atoms with E-state index in [0.29, 0.717) is 0 Å². The first-order chi connectivity index (χ1) is 6.85. The van der Waals surface area contributed by atoms with Crippen LogP contribution in [0.25, 0.3) is 0 Å². The van der Waals surface area contributed by atoms with Crippen LogP contribution in [0.1, 0.15) is 65.2 Å². The van der Waals surface area contributed by atoms with Gasteiger partial charge in [-0.05, 0) is 25.9 Å². The van der Waals surface area contributed by atoms with Crippen molar-refractivity contribution in [1.82, 2.24) is 5.32 Å². The Bertz CT molecular complexity index is 101. The van der Waals surface area contributed by atoms with Crippen molar-refractivity contribution in [2.45, 2.75) is 65.2 Å². The maximum atomic E-state index is 3.28. The van der Waals surface area contributed by atoms with Crippen LogP contribution in [0.3, 0.4) is 0 Å². The van der Waals surface area contributed by atoms with Crippen molar-refractivity contribution < 1.29 is 0 Å². The van der Waals surface area contributed by atoms with Crippen molar-refractivity contribution >= 4 is 0 Å². The highest BCUT2D eigenvalue weighted by Gasteiger charge is 2.03. The van der Waals surface area contributed by atoms with Gasteiger partial charge < -0.3 is 5.32 Å². The minimum Gasteiger partial charge on any atom is -0.319 e. The molecule has 0 aliphatic heterocycles. The monoisotopic (exact) mass is 199 g/mol. The molecule has 0 rings (SSSR count). The van der Waals surface area contributed by atoms with Crippen molar-refractivity contribution in [2.75, 3.05) is 13.6 Å². The molecule has 1 N–H and O–H groups in total. The van der Waals surface area contributed by atoms with Crippen LogP contribution in [0.2, 0.25) is 0 Å². The number of rotatable bonds is 10. The second-order valence-electron chi connectivity index (χ2n) is 4.39. The normalized spacial score (nSPS) is 13.1. The van der Waals surface area contributed by atoms with Crippen molar-refractivity contribution in [3.05, 3.63) is 0 Å². The van der Waals surface area contributed by atoms with Crippen LogP contribution in [-0.2, 0) is 0 Å². The Morgan fingerprint density at radius 3 is 2.14 bits per heavy atom. The third kappa shape index (κ3) is 8.55. The van der Waals surface area contributed by atoms with Gasteiger partial charge in [-0.25, -0.2) is 0 Å². The summed E-state index contributed by atoms with van der Waals surface area (Å²) in [5.74, 6) is 0.908. The molecule has 1 nitrogen and oxygen atoms in total. The van der Waals surface area contributed by atoms with Gasteiger partial charge in [0.25, 0.3) is 0 Å². The lowest BCUT2D eigenvalue weighted by molar-refractivity contribution is 0.424. The highest BCUT2D eigenvalue weighted by atomic mass is 14.8. The van der Waals surface area contributed by atoms with Crippen molar-refractivity contribution in [3.63, 3.8) is 0 Å². The van der Waals surface area contributed by atoms with Gasteiger partial charge in [-0.3, -0.25) is 0 Å². The molecule has 0 aromatic heterocycles. The lowest BCUT2D eigenvalue weighted by Crippen LogP contribution is -2.18. The summed E-state index contributed by atoms with van der Waals surface area (Å²) >= 11 is 0. The zero-order chi connectivity index (χ0) is 10.6. The molecular weight excluding hydrogens is 170 g/mol. The van der Waals surface area contributed by atoms with E-state index in [2.05, 4.69) is 26.2 Å². The van der Waals surface area contributed by atoms with E-state index >= 15 is 0 Å². The van der Waals surface area contributed by atoms with Crippen LogP contribution in [0, 0.1) is 5.92 Å². The molecule has 0 saturated heterocycles. The Balaban J connectivity index is 3.15. The highest BCUT2D eigenvalue weighted by molar-refractivity contribution is 4.59. The molecule has 14 heavy (non-hydrogen) atoms. The Labute approximate surface area is 90.7 Å². The Morgan fingerprint density at radius 1 is 0.929 bits per heavy atom. The molecule has 0 aliphatic carbocycles. The van der Waals surface area contributed by atoms with Crippen LogP contribution < -0.4 is 5.32 Å². The van der Waals surface area contributed by atoms with Gasteiger partial charge in [-0.2, -0.15) is 0 Å². The SMILES string of the molecule is CCCCCCCCC(CC)CNC. The number of nitrogens with one attached hydrogen (secondary N) is 1. The maximum absolute atomic E-state index is 3.28. The van der Waals surface area contributed by atoms with Crippen LogP contribution in [-0.4, -0.2) is 13.6 Å². The Hall–Kier alpha value is -0.0400. The molecule has 0 spiro atoms. The number of hydrogen-bond acceptors (Lipinski definition) is 1. The zero-order valence-electron chi connectivity index (χ0n) is 10.4. The Morgan fingerprint density at radius 2 is 1.57 bits per heavy atom. The Kier molecular flexibility index (Phi) is 11.0. The summed E-state index contributed by atoms with van der Waals surface area (Å²) in [7, 11) is 2.06. The second-order valence-corrected chi connectivity index (χ2v) is 4.39. The summed E-state index contributed by atoms with van der Waals surface area (Å²) < 4.78 is 0. The molecule has 1 heteroatoms. The topological polar surface area (TPSA) is 12.0 Å². The summed E-state index contributed by atoms with van der Waals surface area (Å²) in [6, 6.07) is 0. The highest BCUT2D eigenvalue weighted by Crippen LogP contribution is 2.14. The van der Waals surface area contributed by atoms with Gasteiger partial charge in [-0.1, -0.05) is 58.8 Å². The number of hydrogen-bond donors (Lipinski definition) is 1. The largest absolute Gasteiger partial charge is 0.319 e. The van der Waals surface area contributed by atoms with Gasteiger partial charge in [0.2, 0.25) is 0 Å². The average molecular weight is 199 g/mol. The summed E-state index contributed by atoms with van der Waals surface area (Å²) in [5, 5.41) is 3.28. The van der Waals surface area contributed by atoms with E-state index in [0.717, 1.165) is 5.92 Å². The van der Waals surface area contributed by atoms with E-state index in [9.17, 15) is 0 Å². The second kappa shape index (κ2) is 11.0. The third-order valence-corrected chi connectivity index (χ3v) is 3.04. The van der Waals surface area contributed by atoms with Gasteiger partial charge in [-0.15, -0.1) is 0 Å². The number of unbranched alkanes of at least 4 members (excludes halogenated alkanes) is 5. The molecule has 0 bridgehead atoms. The first-order valence-corrected chi connectivity index (χ1v) is 6.49. The first-order valence-electron chi connectivity index (χ1n) is 6.49. The van der Waals surface area contributed by atoms with Crippen molar-refractivity contribution in [1.29, 1.82) is 0 Å². The molecule has 1 atom stereocenters. The zero-order valence-corrected chi connectivity index (χ0v) is 10.4.